The summed E-state index contributed by atoms with van der Waals surface area (Å²) in [5, 5.41) is 0. The van der Waals surface area contributed by atoms with Crippen LogP contribution in [0.3, 0.4) is 0 Å². The Labute approximate surface area is 109 Å². The number of para-hydroxylation sites is 1. The minimum atomic E-state index is 0.943. The van der Waals surface area contributed by atoms with Crippen LogP contribution in [0.5, 0.6) is 0 Å². The summed E-state index contributed by atoms with van der Waals surface area (Å²) in [6, 6.07) is 20.9. The fourth-order valence-corrected chi connectivity index (χ4v) is 2.03. The van der Waals surface area contributed by atoms with Gasteiger partial charge in [-0.1, -0.05) is 60.2 Å². The van der Waals surface area contributed by atoms with Crippen molar-refractivity contribution in [3.8, 4) is 0 Å². The minimum absolute atomic E-state index is 0.943. The van der Waals surface area contributed by atoms with E-state index < -0.39 is 0 Å². The monoisotopic (exact) mass is 237 g/mol. The number of rotatable bonds is 4. The first-order valence-electron chi connectivity index (χ1n) is 6.24. The molecule has 0 saturated carbocycles. The molecule has 0 amide bonds. The van der Waals surface area contributed by atoms with Gasteiger partial charge in [-0.25, -0.2) is 0 Å². The maximum Gasteiger partial charge on any atom is 0.0386 e. The van der Waals surface area contributed by atoms with E-state index in [0.29, 0.717) is 0 Å². The van der Waals surface area contributed by atoms with Gasteiger partial charge in [0.05, 0.1) is 0 Å². The van der Waals surface area contributed by atoms with E-state index in [9.17, 15) is 0 Å². The zero-order valence-electron chi connectivity index (χ0n) is 11.0. The molecule has 2 rings (SSSR count). The van der Waals surface area contributed by atoms with Crippen molar-refractivity contribution in [3.63, 3.8) is 0 Å². The summed E-state index contributed by atoms with van der Waals surface area (Å²) in [5.41, 5.74) is 3.86. The van der Waals surface area contributed by atoms with Crippen LogP contribution in [0.15, 0.2) is 66.2 Å². The predicted octanol–water partition coefficient (Wildman–Crippen LogP) is 4.23. The van der Waals surface area contributed by atoms with Crippen molar-refractivity contribution in [2.75, 3.05) is 18.5 Å². The van der Waals surface area contributed by atoms with Gasteiger partial charge in [-0.2, -0.15) is 0 Å². The summed E-state index contributed by atoms with van der Waals surface area (Å²) in [5.74, 6) is 0. The minimum Gasteiger partial charge on any atom is -0.371 e. The zero-order valence-corrected chi connectivity index (χ0v) is 11.0. The normalized spacial score (nSPS) is 11.3. The molecule has 2 aromatic carbocycles. The molecule has 0 aromatic heterocycles. The van der Waals surface area contributed by atoms with Gasteiger partial charge in [-0.3, -0.25) is 0 Å². The van der Waals surface area contributed by atoms with Gasteiger partial charge in [0.15, 0.2) is 0 Å². The molecule has 2 aromatic rings. The summed E-state index contributed by atoms with van der Waals surface area (Å²) < 4.78 is 0. The lowest BCUT2D eigenvalue weighted by atomic mass is 10.1. The largest absolute Gasteiger partial charge is 0.371 e. The number of likely N-dealkylation sites (N-methyl/N-ethyl adjacent to an activating group) is 1. The molecule has 0 saturated heterocycles. The average Bonchev–Trinajstić information content (AvgIpc) is 2.40. The first kappa shape index (κ1) is 12.4. The molecule has 0 atom stereocenters. The molecular weight excluding hydrogens is 218 g/mol. The van der Waals surface area contributed by atoms with Crippen LogP contribution in [0, 0.1) is 0 Å². The molecule has 0 aliphatic heterocycles. The molecule has 92 valence electrons. The highest BCUT2D eigenvalue weighted by atomic mass is 15.1. The van der Waals surface area contributed by atoms with Crippen molar-refractivity contribution in [1.82, 2.24) is 0 Å². The fourth-order valence-electron chi connectivity index (χ4n) is 2.03. The van der Waals surface area contributed by atoms with Crippen LogP contribution in [-0.2, 0) is 0 Å². The summed E-state index contributed by atoms with van der Waals surface area (Å²) in [4.78, 5) is 2.26. The maximum atomic E-state index is 2.26. The third kappa shape index (κ3) is 3.49. The lowest BCUT2D eigenvalue weighted by Crippen LogP contribution is -2.18. The summed E-state index contributed by atoms with van der Waals surface area (Å²) >= 11 is 0. The first-order chi connectivity index (χ1) is 8.75. The van der Waals surface area contributed by atoms with Crippen LogP contribution in [0.2, 0.25) is 0 Å². The highest BCUT2D eigenvalue weighted by molar-refractivity contribution is 5.55. The lowest BCUT2D eigenvalue weighted by Gasteiger charge is -2.19. The SMILES string of the molecule is C/C(=C\c1ccccc1)CN(C)c1ccccc1. The van der Waals surface area contributed by atoms with Gasteiger partial charge in [-0.05, 0) is 24.6 Å². The van der Waals surface area contributed by atoms with E-state index in [1.807, 2.05) is 12.1 Å². The zero-order chi connectivity index (χ0) is 12.8. The molecule has 0 bridgehead atoms. The molecule has 0 fully saturated rings. The van der Waals surface area contributed by atoms with E-state index in [-0.39, 0.29) is 0 Å². The van der Waals surface area contributed by atoms with Crippen LogP contribution in [0.1, 0.15) is 12.5 Å². The highest BCUT2D eigenvalue weighted by Gasteiger charge is 2.00. The van der Waals surface area contributed by atoms with Crippen molar-refractivity contribution in [2.24, 2.45) is 0 Å². The Morgan fingerprint density at radius 2 is 1.50 bits per heavy atom. The van der Waals surface area contributed by atoms with E-state index in [2.05, 4.69) is 73.5 Å². The quantitative estimate of drug-likeness (QED) is 0.769. The molecule has 1 heteroatoms. The van der Waals surface area contributed by atoms with Crippen LogP contribution in [0.25, 0.3) is 6.08 Å². The van der Waals surface area contributed by atoms with Gasteiger partial charge in [0, 0.05) is 19.3 Å². The second-order valence-electron chi connectivity index (χ2n) is 4.59. The van der Waals surface area contributed by atoms with Crippen molar-refractivity contribution >= 4 is 11.8 Å². The Bertz CT molecular complexity index is 500. The Hall–Kier alpha value is -2.02. The molecule has 0 aliphatic rings. The van der Waals surface area contributed by atoms with Gasteiger partial charge >= 0.3 is 0 Å². The number of anilines is 1. The molecule has 1 nitrogen and oxygen atoms in total. The van der Waals surface area contributed by atoms with E-state index in [0.717, 1.165) is 6.54 Å². The summed E-state index contributed by atoms with van der Waals surface area (Å²) in [7, 11) is 2.12. The Morgan fingerprint density at radius 1 is 0.944 bits per heavy atom. The number of hydrogen-bond donors (Lipinski definition) is 0. The number of hydrogen-bond acceptors (Lipinski definition) is 1. The Kier molecular flexibility index (Phi) is 4.19. The number of nitrogens with zero attached hydrogens (tertiary/aromatic N) is 1. The van der Waals surface area contributed by atoms with Crippen molar-refractivity contribution < 1.29 is 0 Å². The third-order valence-electron chi connectivity index (χ3n) is 2.90. The number of benzene rings is 2. The smallest absolute Gasteiger partial charge is 0.0386 e. The molecule has 0 spiro atoms. The predicted molar refractivity (Wildman–Crippen MR) is 79.8 cm³/mol. The standard InChI is InChI=1S/C17H19N/c1-15(13-16-9-5-3-6-10-16)14-18(2)17-11-7-4-8-12-17/h3-13H,14H2,1-2H3/b15-13+. The van der Waals surface area contributed by atoms with Crippen molar-refractivity contribution in [2.45, 2.75) is 6.92 Å². The highest BCUT2D eigenvalue weighted by Crippen LogP contribution is 2.14. The average molecular weight is 237 g/mol. The Balaban J connectivity index is 2.04. The van der Waals surface area contributed by atoms with Crippen LogP contribution in [-0.4, -0.2) is 13.6 Å². The lowest BCUT2D eigenvalue weighted by molar-refractivity contribution is 0.988. The summed E-state index contributed by atoms with van der Waals surface area (Å²) in [6.07, 6.45) is 2.24. The molecule has 18 heavy (non-hydrogen) atoms. The van der Waals surface area contributed by atoms with Gasteiger partial charge < -0.3 is 4.90 Å². The van der Waals surface area contributed by atoms with Gasteiger partial charge in [0.1, 0.15) is 0 Å². The first-order valence-corrected chi connectivity index (χ1v) is 6.24. The topological polar surface area (TPSA) is 3.24 Å². The van der Waals surface area contributed by atoms with E-state index in [1.54, 1.807) is 0 Å². The fraction of sp³-hybridized carbons (Fsp3) is 0.176. The maximum absolute atomic E-state index is 2.26. The molecule has 0 unspecified atom stereocenters. The third-order valence-corrected chi connectivity index (χ3v) is 2.90. The second kappa shape index (κ2) is 6.06. The Morgan fingerprint density at radius 3 is 2.11 bits per heavy atom. The molecule has 0 radical (unpaired) electrons. The molecule has 0 aliphatic carbocycles. The molecule has 0 heterocycles. The second-order valence-corrected chi connectivity index (χ2v) is 4.59. The molecule has 0 N–H and O–H groups in total. The van der Waals surface area contributed by atoms with E-state index >= 15 is 0 Å². The van der Waals surface area contributed by atoms with E-state index in [1.165, 1.54) is 16.8 Å². The van der Waals surface area contributed by atoms with Gasteiger partial charge in [0.25, 0.3) is 0 Å². The van der Waals surface area contributed by atoms with Crippen molar-refractivity contribution in [1.29, 1.82) is 0 Å². The van der Waals surface area contributed by atoms with Gasteiger partial charge in [0.2, 0.25) is 0 Å². The van der Waals surface area contributed by atoms with Crippen LogP contribution in [0.4, 0.5) is 5.69 Å². The van der Waals surface area contributed by atoms with Crippen LogP contribution >= 0.6 is 0 Å². The summed E-state index contributed by atoms with van der Waals surface area (Å²) in [6.45, 7) is 3.12. The van der Waals surface area contributed by atoms with E-state index in [4.69, 9.17) is 0 Å². The van der Waals surface area contributed by atoms with Crippen LogP contribution < -0.4 is 4.90 Å². The molecular formula is C17H19N. The van der Waals surface area contributed by atoms with Crippen molar-refractivity contribution in [3.05, 3.63) is 71.8 Å². The van der Waals surface area contributed by atoms with Gasteiger partial charge in [-0.15, -0.1) is 0 Å².